The fourth-order valence-corrected chi connectivity index (χ4v) is 8.29. The molecule has 0 aliphatic rings. The fraction of sp³-hybridized carbons (Fsp3) is 0.857. The van der Waals surface area contributed by atoms with E-state index in [-0.39, 0.29) is 24.9 Å². The Kier molecular flexibility index (Phi) is 48.5. The lowest BCUT2D eigenvalue weighted by Crippen LogP contribution is -2.46. The Morgan fingerprint density at radius 3 is 1.31 bits per heavy atom. The topological polar surface area (TPSA) is 95.9 Å². The summed E-state index contributed by atoms with van der Waals surface area (Å²) in [4.78, 5) is 26.1. The zero-order valence-corrected chi connectivity index (χ0v) is 41.5. The molecule has 6 nitrogen and oxygen atoms in total. The number of ether oxygens (including phenoxy) is 1. The largest absolute Gasteiger partial charge is 0.462 e. The lowest BCUT2D eigenvalue weighted by Gasteiger charge is -2.24. The number of carbonyl (C=O) groups is 2. The van der Waals surface area contributed by atoms with Gasteiger partial charge in [0.25, 0.3) is 0 Å². The summed E-state index contributed by atoms with van der Waals surface area (Å²) in [5, 5.41) is 23.8. The van der Waals surface area contributed by atoms with Gasteiger partial charge in [0.15, 0.2) is 0 Å². The summed E-state index contributed by atoms with van der Waals surface area (Å²) in [6.07, 6.45) is 59.2. The van der Waals surface area contributed by atoms with Crippen LogP contribution < -0.4 is 5.32 Å². The third-order valence-corrected chi connectivity index (χ3v) is 12.4. The predicted octanol–water partition coefficient (Wildman–Crippen LogP) is 16.5. The molecule has 0 aromatic rings. The van der Waals surface area contributed by atoms with E-state index in [0.717, 1.165) is 70.6 Å². The molecular weight excluding hydrogens is 767 g/mol. The number of hydrogen-bond acceptors (Lipinski definition) is 5. The van der Waals surface area contributed by atoms with E-state index in [4.69, 9.17) is 4.74 Å². The van der Waals surface area contributed by atoms with Crippen molar-refractivity contribution in [2.45, 2.75) is 302 Å². The number of allylic oxidation sites excluding steroid dienone is 6. The van der Waals surface area contributed by atoms with Crippen molar-refractivity contribution in [2.24, 2.45) is 0 Å². The van der Waals surface area contributed by atoms with Gasteiger partial charge in [-0.3, -0.25) is 9.59 Å². The minimum Gasteiger partial charge on any atom is -0.462 e. The Hall–Kier alpha value is -1.92. The Labute approximate surface area is 385 Å². The maximum absolute atomic E-state index is 13.2. The molecule has 1 amide bonds. The second-order valence-electron chi connectivity index (χ2n) is 18.6. The van der Waals surface area contributed by atoms with Crippen molar-refractivity contribution in [3.63, 3.8) is 0 Å². The summed E-state index contributed by atoms with van der Waals surface area (Å²) in [7, 11) is 0. The van der Waals surface area contributed by atoms with Crippen LogP contribution in [0.25, 0.3) is 0 Å². The molecule has 6 heteroatoms. The molecule has 0 bridgehead atoms. The third-order valence-electron chi connectivity index (χ3n) is 12.4. The van der Waals surface area contributed by atoms with Crippen LogP contribution in [0.1, 0.15) is 284 Å². The van der Waals surface area contributed by atoms with Crippen molar-refractivity contribution in [1.82, 2.24) is 5.32 Å². The zero-order chi connectivity index (χ0) is 45.2. The van der Waals surface area contributed by atoms with E-state index in [2.05, 4.69) is 62.5 Å². The minimum absolute atomic E-state index is 0.0559. The van der Waals surface area contributed by atoms with E-state index in [0.29, 0.717) is 19.3 Å². The Morgan fingerprint density at radius 1 is 0.468 bits per heavy atom. The molecule has 0 saturated carbocycles. The molecule has 3 N–H and O–H groups in total. The van der Waals surface area contributed by atoms with Gasteiger partial charge in [-0.25, -0.2) is 0 Å². The summed E-state index contributed by atoms with van der Waals surface area (Å²) in [6.45, 7) is 6.46. The van der Waals surface area contributed by atoms with Gasteiger partial charge in [-0.05, 0) is 77.0 Å². The van der Waals surface area contributed by atoms with Gasteiger partial charge in [0, 0.05) is 6.42 Å². The molecule has 0 fully saturated rings. The van der Waals surface area contributed by atoms with E-state index in [9.17, 15) is 19.8 Å². The maximum atomic E-state index is 13.2. The number of unbranched alkanes of at least 4 members (excludes halogenated alkanes) is 31. The highest BCUT2D eigenvalue weighted by molar-refractivity contribution is 5.77. The van der Waals surface area contributed by atoms with Crippen molar-refractivity contribution in [1.29, 1.82) is 0 Å². The number of aliphatic hydroxyl groups is 2. The molecule has 0 radical (unpaired) electrons. The van der Waals surface area contributed by atoms with E-state index < -0.39 is 18.2 Å². The zero-order valence-electron chi connectivity index (χ0n) is 41.5. The summed E-state index contributed by atoms with van der Waals surface area (Å²) in [5.41, 5.74) is 0. The molecule has 0 aromatic heterocycles. The average molecular weight is 872 g/mol. The minimum atomic E-state index is -0.794. The molecule has 0 spiro atoms. The van der Waals surface area contributed by atoms with Gasteiger partial charge in [-0.15, -0.1) is 0 Å². The number of rotatable bonds is 49. The standard InChI is InChI=1S/C56H105NO5/c1-4-7-10-13-16-19-22-24-26-27-29-31-34-37-40-43-46-49-56(61)62-52(47-44-41-38-35-32-21-18-15-12-9-6-3)50-55(60)57-53(51-58)54(59)48-45-42-39-36-33-30-28-25-23-20-17-14-11-8-5-2/h16,19,24,26,35,38,52-54,58-59H,4-15,17-18,20-23,25,27-34,36-37,39-51H2,1-3H3,(H,57,60)/b19-16-,26-24-,38-35-. The van der Waals surface area contributed by atoms with Crippen LogP contribution in [0.5, 0.6) is 0 Å². The molecule has 62 heavy (non-hydrogen) atoms. The second kappa shape index (κ2) is 50.1. The lowest BCUT2D eigenvalue weighted by molar-refractivity contribution is -0.151. The SMILES string of the molecule is CCCCC/C=C\C/C=C\CCCCCCCCCC(=O)OC(CCC/C=C\CCCCCCCC)CC(=O)NC(CO)C(O)CCCCCCCCCCCCCCCCC. The molecule has 0 aromatic carbocycles. The van der Waals surface area contributed by atoms with Gasteiger partial charge in [0.1, 0.15) is 6.10 Å². The van der Waals surface area contributed by atoms with Crippen LogP contribution >= 0.6 is 0 Å². The molecule has 0 heterocycles. The molecule has 364 valence electrons. The van der Waals surface area contributed by atoms with Crippen molar-refractivity contribution < 1.29 is 24.5 Å². The highest BCUT2D eigenvalue weighted by Gasteiger charge is 2.24. The first kappa shape index (κ1) is 60.1. The van der Waals surface area contributed by atoms with Crippen LogP contribution in [0, 0.1) is 0 Å². The quantitative estimate of drug-likeness (QED) is 0.0321. The van der Waals surface area contributed by atoms with E-state index in [1.165, 1.54) is 167 Å². The molecule has 0 saturated heterocycles. The van der Waals surface area contributed by atoms with Gasteiger partial charge >= 0.3 is 5.97 Å². The highest BCUT2D eigenvalue weighted by Crippen LogP contribution is 2.18. The number of nitrogens with one attached hydrogen (secondary N) is 1. The molecular formula is C56H105NO5. The van der Waals surface area contributed by atoms with E-state index >= 15 is 0 Å². The van der Waals surface area contributed by atoms with Gasteiger partial charge in [-0.1, -0.05) is 231 Å². The Balaban J connectivity index is 4.51. The van der Waals surface area contributed by atoms with Crippen LogP contribution in [0.2, 0.25) is 0 Å². The van der Waals surface area contributed by atoms with E-state index in [1.807, 2.05) is 0 Å². The van der Waals surface area contributed by atoms with Crippen LogP contribution in [0.4, 0.5) is 0 Å². The maximum Gasteiger partial charge on any atom is 0.306 e. The smallest absolute Gasteiger partial charge is 0.306 e. The number of aliphatic hydroxyl groups excluding tert-OH is 2. The predicted molar refractivity (Wildman–Crippen MR) is 269 cm³/mol. The molecule has 0 aliphatic heterocycles. The first-order chi connectivity index (χ1) is 30.5. The van der Waals surface area contributed by atoms with Crippen molar-refractivity contribution in [3.05, 3.63) is 36.5 Å². The monoisotopic (exact) mass is 872 g/mol. The highest BCUT2D eigenvalue weighted by atomic mass is 16.5. The summed E-state index contributed by atoms with van der Waals surface area (Å²) >= 11 is 0. The number of hydrogen-bond donors (Lipinski definition) is 3. The van der Waals surface area contributed by atoms with Gasteiger partial charge in [0.05, 0.1) is 25.2 Å². The number of esters is 1. The third kappa shape index (κ3) is 44.7. The summed E-state index contributed by atoms with van der Waals surface area (Å²) in [5.74, 6) is -0.503. The van der Waals surface area contributed by atoms with Gasteiger partial charge in [0.2, 0.25) is 5.91 Å². The van der Waals surface area contributed by atoms with Crippen molar-refractivity contribution in [2.75, 3.05) is 6.61 Å². The first-order valence-corrected chi connectivity index (χ1v) is 27.2. The lowest BCUT2D eigenvalue weighted by atomic mass is 10.0. The average Bonchev–Trinajstić information content (AvgIpc) is 3.26. The summed E-state index contributed by atoms with van der Waals surface area (Å²) in [6, 6.07) is -0.709. The fourth-order valence-electron chi connectivity index (χ4n) is 8.29. The molecule has 3 unspecified atom stereocenters. The first-order valence-electron chi connectivity index (χ1n) is 27.2. The molecule has 3 atom stereocenters. The van der Waals surface area contributed by atoms with Crippen LogP contribution in [0.3, 0.4) is 0 Å². The van der Waals surface area contributed by atoms with E-state index in [1.54, 1.807) is 0 Å². The Bertz CT molecular complexity index is 1020. The second-order valence-corrected chi connectivity index (χ2v) is 18.6. The molecule has 0 rings (SSSR count). The van der Waals surface area contributed by atoms with Gasteiger partial charge < -0.3 is 20.3 Å². The summed E-state index contributed by atoms with van der Waals surface area (Å²) < 4.78 is 5.92. The van der Waals surface area contributed by atoms with Crippen LogP contribution in [-0.4, -0.2) is 46.9 Å². The normalized spacial score (nSPS) is 13.4. The Morgan fingerprint density at radius 2 is 0.839 bits per heavy atom. The number of amides is 1. The van der Waals surface area contributed by atoms with Crippen molar-refractivity contribution >= 4 is 11.9 Å². The molecule has 0 aliphatic carbocycles. The van der Waals surface area contributed by atoms with Crippen LogP contribution in [-0.2, 0) is 14.3 Å². The van der Waals surface area contributed by atoms with Crippen LogP contribution in [0.15, 0.2) is 36.5 Å². The van der Waals surface area contributed by atoms with Crippen molar-refractivity contribution in [3.8, 4) is 0 Å². The van der Waals surface area contributed by atoms with Gasteiger partial charge in [-0.2, -0.15) is 0 Å². The number of carbonyl (C=O) groups excluding carboxylic acids is 2.